The number of anilines is 1. The van der Waals surface area contributed by atoms with Crippen molar-refractivity contribution in [2.45, 2.75) is 0 Å². The van der Waals surface area contributed by atoms with E-state index in [1.807, 2.05) is 0 Å². The second-order valence-electron chi connectivity index (χ2n) is 2.38. The molecule has 74 valence electrons. The van der Waals surface area contributed by atoms with Crippen LogP contribution in [0.25, 0.3) is 0 Å². The lowest BCUT2D eigenvalue weighted by molar-refractivity contribution is -0.421. The molecule has 0 radical (unpaired) electrons. The SMILES string of the molecule is Nc1c(O)ccc([N+](=O)[O-])c1[N+](=O)[O-]. The first kappa shape index (κ1) is 9.71. The summed E-state index contributed by atoms with van der Waals surface area (Å²) < 4.78 is 0. The maximum atomic E-state index is 10.4. The molecular weight excluding hydrogens is 194 g/mol. The fraction of sp³-hybridized carbons (Fsp3) is 0. The highest BCUT2D eigenvalue weighted by Gasteiger charge is 2.29. The Morgan fingerprint density at radius 2 is 1.79 bits per heavy atom. The van der Waals surface area contributed by atoms with E-state index in [2.05, 4.69) is 0 Å². The third-order valence-corrected chi connectivity index (χ3v) is 1.55. The molecule has 0 fully saturated rings. The number of nitro groups is 2. The van der Waals surface area contributed by atoms with Gasteiger partial charge in [-0.15, -0.1) is 0 Å². The molecular formula is C6H5N3O5. The number of nitrogen functional groups attached to an aromatic ring is 1. The van der Waals surface area contributed by atoms with Crippen LogP contribution in [0.1, 0.15) is 0 Å². The second-order valence-corrected chi connectivity index (χ2v) is 2.38. The van der Waals surface area contributed by atoms with Crippen LogP contribution >= 0.6 is 0 Å². The highest BCUT2D eigenvalue weighted by atomic mass is 16.6. The molecule has 0 unspecified atom stereocenters. The van der Waals surface area contributed by atoms with Gasteiger partial charge in [-0.3, -0.25) is 20.2 Å². The summed E-state index contributed by atoms with van der Waals surface area (Å²) in [4.78, 5) is 18.8. The molecule has 0 heterocycles. The number of nitrogens with two attached hydrogens (primary N) is 1. The Hall–Kier alpha value is -2.38. The Balaban J connectivity index is 3.53. The lowest BCUT2D eigenvalue weighted by atomic mass is 10.2. The molecule has 8 nitrogen and oxygen atoms in total. The summed E-state index contributed by atoms with van der Waals surface area (Å²) in [5.41, 5.74) is 2.88. The van der Waals surface area contributed by atoms with Crippen molar-refractivity contribution >= 4 is 17.1 Å². The van der Waals surface area contributed by atoms with Crippen LogP contribution in [0, 0.1) is 20.2 Å². The molecule has 0 aromatic heterocycles. The van der Waals surface area contributed by atoms with Gasteiger partial charge in [-0.25, -0.2) is 0 Å². The Labute approximate surface area is 76.9 Å². The van der Waals surface area contributed by atoms with E-state index in [0.29, 0.717) is 0 Å². The van der Waals surface area contributed by atoms with Crippen LogP contribution in [0.15, 0.2) is 12.1 Å². The number of nitro benzene ring substituents is 2. The van der Waals surface area contributed by atoms with Crippen molar-refractivity contribution in [3.63, 3.8) is 0 Å². The molecule has 14 heavy (non-hydrogen) atoms. The molecule has 0 spiro atoms. The largest absolute Gasteiger partial charge is 0.506 e. The van der Waals surface area contributed by atoms with Crippen molar-refractivity contribution in [3.8, 4) is 5.75 Å². The van der Waals surface area contributed by atoms with Crippen LogP contribution in [0.4, 0.5) is 17.1 Å². The van der Waals surface area contributed by atoms with Crippen molar-refractivity contribution in [1.29, 1.82) is 0 Å². The lowest BCUT2D eigenvalue weighted by Gasteiger charge is -1.99. The average Bonchev–Trinajstić information content (AvgIpc) is 2.08. The normalized spacial score (nSPS) is 9.71. The molecule has 0 aliphatic heterocycles. The number of rotatable bonds is 2. The number of aromatic hydroxyl groups is 1. The molecule has 0 aliphatic rings. The van der Waals surface area contributed by atoms with Crippen LogP contribution in [0.3, 0.4) is 0 Å². The van der Waals surface area contributed by atoms with Gasteiger partial charge in [0.1, 0.15) is 5.75 Å². The van der Waals surface area contributed by atoms with Crippen LogP contribution in [0.5, 0.6) is 5.75 Å². The Morgan fingerprint density at radius 1 is 1.21 bits per heavy atom. The number of phenols is 1. The fourth-order valence-corrected chi connectivity index (χ4v) is 0.925. The Kier molecular flexibility index (Phi) is 2.19. The Morgan fingerprint density at radius 3 is 2.21 bits per heavy atom. The molecule has 0 saturated carbocycles. The fourth-order valence-electron chi connectivity index (χ4n) is 0.925. The minimum Gasteiger partial charge on any atom is -0.506 e. The number of phenolic OH excluding ortho intramolecular Hbond substituents is 1. The van der Waals surface area contributed by atoms with Crippen LogP contribution in [-0.4, -0.2) is 15.0 Å². The average molecular weight is 199 g/mol. The van der Waals surface area contributed by atoms with Gasteiger partial charge in [0.2, 0.25) is 0 Å². The predicted molar refractivity (Wildman–Crippen MR) is 45.8 cm³/mol. The van der Waals surface area contributed by atoms with Gasteiger partial charge in [0.05, 0.1) is 9.85 Å². The molecule has 1 aromatic rings. The standard InChI is InChI=1S/C6H5N3O5/c7-5-4(10)2-1-3(8(11)12)6(5)9(13)14/h1-2,10H,7H2. The molecule has 0 aliphatic carbocycles. The Bertz CT molecular complexity index is 416. The number of hydrogen-bond donors (Lipinski definition) is 2. The van der Waals surface area contributed by atoms with E-state index < -0.39 is 32.7 Å². The first-order chi connectivity index (χ1) is 6.45. The minimum atomic E-state index is -1.01. The first-order valence-corrected chi connectivity index (χ1v) is 3.35. The van der Waals surface area contributed by atoms with Gasteiger partial charge in [-0.1, -0.05) is 0 Å². The number of hydrogen-bond acceptors (Lipinski definition) is 6. The van der Waals surface area contributed by atoms with E-state index in [-0.39, 0.29) is 0 Å². The van der Waals surface area contributed by atoms with Gasteiger partial charge in [0, 0.05) is 6.07 Å². The van der Waals surface area contributed by atoms with Gasteiger partial charge < -0.3 is 10.8 Å². The van der Waals surface area contributed by atoms with E-state index in [4.69, 9.17) is 10.8 Å². The maximum Gasteiger partial charge on any atom is 0.372 e. The van der Waals surface area contributed by atoms with Crippen molar-refractivity contribution in [1.82, 2.24) is 0 Å². The van der Waals surface area contributed by atoms with E-state index in [1.54, 1.807) is 0 Å². The van der Waals surface area contributed by atoms with E-state index in [1.165, 1.54) is 0 Å². The maximum absolute atomic E-state index is 10.4. The first-order valence-electron chi connectivity index (χ1n) is 3.35. The summed E-state index contributed by atoms with van der Waals surface area (Å²) in [5, 5.41) is 29.8. The summed E-state index contributed by atoms with van der Waals surface area (Å²) in [6.07, 6.45) is 0. The number of nitrogens with zero attached hydrogens (tertiary/aromatic N) is 2. The van der Waals surface area contributed by atoms with Crippen molar-refractivity contribution in [2.24, 2.45) is 0 Å². The quantitative estimate of drug-likeness (QED) is 0.313. The lowest BCUT2D eigenvalue weighted by Crippen LogP contribution is -2.00. The zero-order chi connectivity index (χ0) is 10.9. The molecule has 0 bridgehead atoms. The van der Waals surface area contributed by atoms with Crippen molar-refractivity contribution in [3.05, 3.63) is 32.4 Å². The summed E-state index contributed by atoms with van der Waals surface area (Å²) >= 11 is 0. The molecule has 1 aromatic carbocycles. The highest BCUT2D eigenvalue weighted by molar-refractivity contribution is 5.75. The smallest absolute Gasteiger partial charge is 0.372 e. The summed E-state index contributed by atoms with van der Waals surface area (Å²) in [6.45, 7) is 0. The highest BCUT2D eigenvalue weighted by Crippen LogP contribution is 2.38. The minimum absolute atomic E-state index is 0.553. The van der Waals surface area contributed by atoms with Gasteiger partial charge in [-0.05, 0) is 6.07 Å². The molecule has 0 atom stereocenters. The molecule has 1 rings (SSSR count). The number of benzene rings is 1. The molecule has 8 heteroatoms. The predicted octanol–water partition coefficient (Wildman–Crippen LogP) is 0.791. The summed E-state index contributed by atoms with van der Waals surface area (Å²) in [7, 11) is 0. The zero-order valence-corrected chi connectivity index (χ0v) is 6.71. The third-order valence-electron chi connectivity index (χ3n) is 1.55. The topological polar surface area (TPSA) is 133 Å². The van der Waals surface area contributed by atoms with Crippen LogP contribution in [-0.2, 0) is 0 Å². The van der Waals surface area contributed by atoms with Gasteiger partial charge in [0.15, 0.2) is 5.69 Å². The molecule has 3 N–H and O–H groups in total. The monoisotopic (exact) mass is 199 g/mol. The molecule has 0 saturated heterocycles. The summed E-state index contributed by atoms with van der Waals surface area (Å²) in [6, 6.07) is 1.75. The van der Waals surface area contributed by atoms with E-state index in [9.17, 15) is 20.2 Å². The van der Waals surface area contributed by atoms with E-state index in [0.717, 1.165) is 12.1 Å². The van der Waals surface area contributed by atoms with Gasteiger partial charge in [-0.2, -0.15) is 0 Å². The summed E-state index contributed by atoms with van der Waals surface area (Å²) in [5.74, 6) is -0.553. The van der Waals surface area contributed by atoms with Gasteiger partial charge >= 0.3 is 11.4 Å². The zero-order valence-electron chi connectivity index (χ0n) is 6.71. The van der Waals surface area contributed by atoms with Crippen LogP contribution in [0.2, 0.25) is 0 Å². The van der Waals surface area contributed by atoms with Crippen molar-refractivity contribution < 1.29 is 15.0 Å². The van der Waals surface area contributed by atoms with Crippen LogP contribution < -0.4 is 5.73 Å². The third kappa shape index (κ3) is 1.40. The van der Waals surface area contributed by atoms with Gasteiger partial charge in [0.25, 0.3) is 0 Å². The molecule has 0 amide bonds. The van der Waals surface area contributed by atoms with E-state index >= 15 is 0 Å². The van der Waals surface area contributed by atoms with Crippen molar-refractivity contribution in [2.75, 3.05) is 5.73 Å². The second kappa shape index (κ2) is 3.17.